The molecule has 88 valence electrons. The molecule has 1 aromatic heterocycles. The Kier molecular flexibility index (Phi) is 3.26. The maximum absolute atomic E-state index is 10.9. The Bertz CT molecular complexity index is 570. The van der Waals surface area contributed by atoms with Crippen LogP contribution in [0.15, 0.2) is 24.4 Å². The highest BCUT2D eigenvalue weighted by Gasteiger charge is 2.19. The SMILES string of the molecule is O=[N+]([O-])c1cccc(Cl)c1-n1cc(CCl)nn1. The van der Waals surface area contributed by atoms with Crippen LogP contribution in [0.3, 0.4) is 0 Å². The summed E-state index contributed by atoms with van der Waals surface area (Å²) >= 11 is 11.5. The molecule has 0 saturated heterocycles. The van der Waals surface area contributed by atoms with Gasteiger partial charge in [-0.2, -0.15) is 0 Å². The maximum atomic E-state index is 10.9. The first-order chi connectivity index (χ1) is 8.13. The lowest BCUT2D eigenvalue weighted by Crippen LogP contribution is -2.01. The van der Waals surface area contributed by atoms with Gasteiger partial charge in [0, 0.05) is 6.07 Å². The topological polar surface area (TPSA) is 73.8 Å². The van der Waals surface area contributed by atoms with Crippen molar-refractivity contribution in [2.75, 3.05) is 0 Å². The summed E-state index contributed by atoms with van der Waals surface area (Å²) in [6.07, 6.45) is 1.50. The highest BCUT2D eigenvalue weighted by molar-refractivity contribution is 6.32. The van der Waals surface area contributed by atoms with Crippen molar-refractivity contribution in [3.05, 3.63) is 45.2 Å². The van der Waals surface area contributed by atoms with Crippen LogP contribution in [0.2, 0.25) is 5.02 Å². The van der Waals surface area contributed by atoms with Crippen LogP contribution in [0, 0.1) is 10.1 Å². The van der Waals surface area contributed by atoms with Crippen molar-refractivity contribution < 1.29 is 4.92 Å². The van der Waals surface area contributed by atoms with Crippen molar-refractivity contribution in [3.63, 3.8) is 0 Å². The number of nitrogens with zero attached hydrogens (tertiary/aromatic N) is 4. The zero-order valence-corrected chi connectivity index (χ0v) is 9.89. The van der Waals surface area contributed by atoms with Crippen LogP contribution < -0.4 is 0 Å². The van der Waals surface area contributed by atoms with Gasteiger partial charge in [-0.05, 0) is 6.07 Å². The van der Waals surface area contributed by atoms with E-state index in [9.17, 15) is 10.1 Å². The van der Waals surface area contributed by atoms with Crippen LogP contribution in [-0.4, -0.2) is 19.9 Å². The van der Waals surface area contributed by atoms with Gasteiger partial charge in [0.2, 0.25) is 0 Å². The summed E-state index contributed by atoms with van der Waals surface area (Å²) in [5.41, 5.74) is 0.562. The molecule has 0 bridgehead atoms. The molecule has 8 heteroatoms. The molecule has 0 aliphatic rings. The molecule has 1 aromatic carbocycles. The van der Waals surface area contributed by atoms with E-state index in [0.29, 0.717) is 5.69 Å². The molecule has 17 heavy (non-hydrogen) atoms. The molecule has 0 spiro atoms. The molecular formula is C9H6Cl2N4O2. The van der Waals surface area contributed by atoms with E-state index in [1.165, 1.54) is 23.0 Å². The van der Waals surface area contributed by atoms with E-state index in [-0.39, 0.29) is 22.3 Å². The van der Waals surface area contributed by atoms with Crippen LogP contribution in [0.5, 0.6) is 0 Å². The van der Waals surface area contributed by atoms with Crippen molar-refractivity contribution in [1.29, 1.82) is 0 Å². The average molecular weight is 273 g/mol. The highest BCUT2D eigenvalue weighted by atomic mass is 35.5. The quantitative estimate of drug-likeness (QED) is 0.489. The van der Waals surface area contributed by atoms with Crippen LogP contribution in [-0.2, 0) is 5.88 Å². The molecule has 0 saturated carbocycles. The lowest BCUT2D eigenvalue weighted by molar-refractivity contribution is -0.384. The maximum Gasteiger partial charge on any atom is 0.296 e. The molecule has 0 fully saturated rings. The Morgan fingerprint density at radius 1 is 1.47 bits per heavy atom. The van der Waals surface area contributed by atoms with Gasteiger partial charge in [-0.3, -0.25) is 10.1 Å². The van der Waals surface area contributed by atoms with E-state index in [2.05, 4.69) is 10.3 Å². The summed E-state index contributed by atoms with van der Waals surface area (Å²) in [5.74, 6) is 0.179. The fourth-order valence-electron chi connectivity index (χ4n) is 1.35. The summed E-state index contributed by atoms with van der Waals surface area (Å²) in [5, 5.41) is 18.6. The molecule has 0 radical (unpaired) electrons. The van der Waals surface area contributed by atoms with E-state index >= 15 is 0 Å². The summed E-state index contributed by atoms with van der Waals surface area (Å²) in [6, 6.07) is 4.40. The van der Waals surface area contributed by atoms with Gasteiger partial charge in [-0.1, -0.05) is 22.9 Å². The van der Waals surface area contributed by atoms with Crippen LogP contribution in [0.4, 0.5) is 5.69 Å². The second-order valence-electron chi connectivity index (χ2n) is 3.15. The number of halogens is 2. The first-order valence-electron chi connectivity index (χ1n) is 4.54. The zero-order chi connectivity index (χ0) is 12.4. The third-order valence-electron chi connectivity index (χ3n) is 2.07. The lowest BCUT2D eigenvalue weighted by atomic mass is 10.2. The molecule has 0 amide bonds. The van der Waals surface area contributed by atoms with Gasteiger partial charge in [-0.15, -0.1) is 16.7 Å². The molecule has 0 aliphatic carbocycles. The van der Waals surface area contributed by atoms with Gasteiger partial charge in [0.15, 0.2) is 5.69 Å². The molecule has 0 aliphatic heterocycles. The van der Waals surface area contributed by atoms with Gasteiger partial charge in [0.1, 0.15) is 0 Å². The largest absolute Gasteiger partial charge is 0.296 e. The number of nitro groups is 1. The third-order valence-corrected chi connectivity index (χ3v) is 2.65. The van der Waals surface area contributed by atoms with Gasteiger partial charge < -0.3 is 0 Å². The number of nitro benzene ring substituents is 1. The number of hydrogen-bond acceptors (Lipinski definition) is 4. The molecular weight excluding hydrogens is 267 g/mol. The summed E-state index contributed by atoms with van der Waals surface area (Å²) < 4.78 is 1.25. The first-order valence-corrected chi connectivity index (χ1v) is 5.45. The Labute approximate surface area is 106 Å². The molecule has 1 heterocycles. The van der Waals surface area contributed by atoms with Crippen LogP contribution in [0.1, 0.15) is 5.69 Å². The van der Waals surface area contributed by atoms with Crippen LogP contribution in [0.25, 0.3) is 5.69 Å². The molecule has 2 rings (SSSR count). The zero-order valence-electron chi connectivity index (χ0n) is 8.38. The summed E-state index contributed by atoms with van der Waals surface area (Å²) in [6.45, 7) is 0. The number of alkyl halides is 1. The van der Waals surface area contributed by atoms with Gasteiger partial charge in [0.25, 0.3) is 5.69 Å². The molecule has 0 N–H and O–H groups in total. The number of aromatic nitrogens is 3. The number of hydrogen-bond donors (Lipinski definition) is 0. The second kappa shape index (κ2) is 4.68. The second-order valence-corrected chi connectivity index (χ2v) is 3.83. The van der Waals surface area contributed by atoms with Crippen molar-refractivity contribution in [2.24, 2.45) is 0 Å². The van der Waals surface area contributed by atoms with Crippen LogP contribution >= 0.6 is 23.2 Å². The van der Waals surface area contributed by atoms with E-state index in [1.54, 1.807) is 6.07 Å². The molecule has 6 nitrogen and oxygen atoms in total. The summed E-state index contributed by atoms with van der Waals surface area (Å²) in [7, 11) is 0. The lowest BCUT2D eigenvalue weighted by Gasteiger charge is -2.03. The monoisotopic (exact) mass is 272 g/mol. The van der Waals surface area contributed by atoms with E-state index < -0.39 is 4.92 Å². The van der Waals surface area contributed by atoms with Gasteiger partial charge >= 0.3 is 0 Å². The van der Waals surface area contributed by atoms with E-state index in [1.807, 2.05) is 0 Å². The van der Waals surface area contributed by atoms with Gasteiger partial charge in [0.05, 0.1) is 27.7 Å². The smallest absolute Gasteiger partial charge is 0.258 e. The van der Waals surface area contributed by atoms with E-state index in [0.717, 1.165) is 0 Å². The first kappa shape index (κ1) is 11.8. The molecule has 0 unspecified atom stereocenters. The minimum absolute atomic E-state index is 0.136. The number of rotatable bonds is 3. The summed E-state index contributed by atoms with van der Waals surface area (Å²) in [4.78, 5) is 10.4. The number of para-hydroxylation sites is 1. The van der Waals surface area contributed by atoms with E-state index in [4.69, 9.17) is 23.2 Å². The normalized spacial score (nSPS) is 10.5. The minimum atomic E-state index is -0.525. The minimum Gasteiger partial charge on any atom is -0.258 e. The van der Waals surface area contributed by atoms with Crippen molar-refractivity contribution in [3.8, 4) is 5.69 Å². The molecule has 0 atom stereocenters. The molecule has 2 aromatic rings. The fraction of sp³-hybridized carbons (Fsp3) is 0.111. The standard InChI is InChI=1S/C9H6Cl2N4O2/c10-4-6-5-14(13-12-6)9-7(11)2-1-3-8(9)15(16)17/h1-3,5H,4H2. The highest BCUT2D eigenvalue weighted by Crippen LogP contribution is 2.29. The third kappa shape index (κ3) is 2.22. The van der Waals surface area contributed by atoms with Gasteiger partial charge in [-0.25, -0.2) is 4.68 Å². The fourth-order valence-corrected chi connectivity index (χ4v) is 1.73. The average Bonchev–Trinajstić information content (AvgIpc) is 2.76. The Hall–Kier alpha value is -1.66. The Morgan fingerprint density at radius 2 is 2.24 bits per heavy atom. The van der Waals surface area contributed by atoms with Crippen molar-refractivity contribution in [2.45, 2.75) is 5.88 Å². The van der Waals surface area contributed by atoms with Crippen molar-refractivity contribution in [1.82, 2.24) is 15.0 Å². The predicted octanol–water partition coefficient (Wildman–Crippen LogP) is 2.57. The predicted molar refractivity (Wildman–Crippen MR) is 62.6 cm³/mol. The Morgan fingerprint density at radius 3 is 2.82 bits per heavy atom. The Balaban J connectivity index is 2.61. The van der Waals surface area contributed by atoms with Crippen molar-refractivity contribution >= 4 is 28.9 Å². The number of benzene rings is 1.